The fraction of sp³-hybridized carbons (Fsp3) is 0.480. The summed E-state index contributed by atoms with van der Waals surface area (Å²) >= 11 is 0. The lowest BCUT2D eigenvalue weighted by Crippen LogP contribution is -2.48. The summed E-state index contributed by atoms with van der Waals surface area (Å²) in [6.07, 6.45) is 0.880. The van der Waals surface area contributed by atoms with E-state index in [1.807, 2.05) is 44.3 Å². The van der Waals surface area contributed by atoms with Crippen molar-refractivity contribution in [2.75, 3.05) is 60.2 Å². The molecule has 0 spiro atoms. The summed E-state index contributed by atoms with van der Waals surface area (Å²) in [7, 11) is 3.68. The number of carbonyl (C=O) groups is 1. The molecule has 1 heterocycles. The average Bonchev–Trinajstić information content (AvgIpc) is 2.80. The average molecular weight is 443 g/mol. The van der Waals surface area contributed by atoms with E-state index in [0.29, 0.717) is 51.5 Å². The van der Waals surface area contributed by atoms with Crippen LogP contribution in [0.5, 0.6) is 11.5 Å². The molecule has 1 amide bonds. The molecule has 7 nitrogen and oxygen atoms in total. The molecule has 32 heavy (non-hydrogen) atoms. The van der Waals surface area contributed by atoms with Crippen LogP contribution in [0.3, 0.4) is 0 Å². The molecule has 7 heteroatoms. The molecule has 2 aromatic carbocycles. The van der Waals surface area contributed by atoms with E-state index < -0.39 is 0 Å². The van der Waals surface area contributed by atoms with E-state index >= 15 is 0 Å². The van der Waals surface area contributed by atoms with Crippen LogP contribution in [0, 0.1) is 0 Å². The molecule has 1 N–H and O–H groups in total. The minimum Gasteiger partial charge on any atom is -0.507 e. The SMILES string of the molecule is CCc1c(OC(=O)N2CCN(C)CC2)cc(O)c(-c2ccccc2)c1CCOCCOC. The van der Waals surface area contributed by atoms with E-state index in [1.165, 1.54) is 0 Å². The van der Waals surface area contributed by atoms with Crippen LogP contribution >= 0.6 is 0 Å². The van der Waals surface area contributed by atoms with Gasteiger partial charge in [0.25, 0.3) is 0 Å². The van der Waals surface area contributed by atoms with Gasteiger partial charge in [-0.1, -0.05) is 37.3 Å². The van der Waals surface area contributed by atoms with Gasteiger partial charge in [-0.05, 0) is 36.6 Å². The Morgan fingerprint density at radius 3 is 2.41 bits per heavy atom. The molecule has 0 aromatic heterocycles. The monoisotopic (exact) mass is 442 g/mol. The highest BCUT2D eigenvalue weighted by Crippen LogP contribution is 2.40. The van der Waals surface area contributed by atoms with Crippen molar-refractivity contribution in [2.24, 2.45) is 0 Å². The second-order valence-corrected chi connectivity index (χ2v) is 7.96. The number of phenols is 1. The third-order valence-corrected chi connectivity index (χ3v) is 5.79. The molecule has 3 rings (SSSR count). The lowest BCUT2D eigenvalue weighted by molar-refractivity contribution is 0.0722. The lowest BCUT2D eigenvalue weighted by atomic mass is 9.90. The first-order chi connectivity index (χ1) is 15.5. The molecule has 1 aliphatic heterocycles. The Kier molecular flexibility index (Phi) is 8.90. The van der Waals surface area contributed by atoms with Crippen LogP contribution in [0.1, 0.15) is 18.1 Å². The van der Waals surface area contributed by atoms with Crippen molar-refractivity contribution in [3.63, 3.8) is 0 Å². The van der Waals surface area contributed by atoms with E-state index in [9.17, 15) is 9.90 Å². The number of likely N-dealkylation sites (N-methyl/N-ethyl adjacent to an activating group) is 1. The molecule has 1 fully saturated rings. The number of methoxy groups -OCH3 is 1. The normalized spacial score (nSPS) is 14.5. The van der Waals surface area contributed by atoms with Crippen molar-refractivity contribution in [1.82, 2.24) is 9.80 Å². The molecule has 2 aromatic rings. The summed E-state index contributed by atoms with van der Waals surface area (Å²) in [5.41, 5.74) is 3.54. The van der Waals surface area contributed by atoms with E-state index in [0.717, 1.165) is 35.3 Å². The number of rotatable bonds is 9. The molecule has 0 radical (unpaired) electrons. The molecular weight excluding hydrogens is 408 g/mol. The predicted molar refractivity (Wildman–Crippen MR) is 124 cm³/mol. The van der Waals surface area contributed by atoms with Crippen LogP contribution in [0.4, 0.5) is 4.79 Å². The fourth-order valence-corrected chi connectivity index (χ4v) is 3.99. The van der Waals surface area contributed by atoms with Gasteiger partial charge in [0.05, 0.1) is 19.8 Å². The second-order valence-electron chi connectivity index (χ2n) is 7.96. The number of nitrogens with zero attached hydrogens (tertiary/aromatic N) is 2. The van der Waals surface area contributed by atoms with Crippen LogP contribution in [-0.2, 0) is 22.3 Å². The summed E-state index contributed by atoms with van der Waals surface area (Å²) in [6, 6.07) is 11.4. The van der Waals surface area contributed by atoms with E-state index in [4.69, 9.17) is 14.2 Å². The minimum atomic E-state index is -0.373. The maximum atomic E-state index is 12.8. The lowest BCUT2D eigenvalue weighted by Gasteiger charge is -2.32. The highest BCUT2D eigenvalue weighted by atomic mass is 16.6. The quantitative estimate of drug-likeness (QED) is 0.599. The summed E-state index contributed by atoms with van der Waals surface area (Å²) in [4.78, 5) is 16.7. The Hall–Kier alpha value is -2.61. The first kappa shape index (κ1) is 24.0. The Bertz CT molecular complexity index is 880. The molecule has 0 unspecified atom stereocenters. The first-order valence-corrected chi connectivity index (χ1v) is 11.2. The third kappa shape index (κ3) is 6.00. The van der Waals surface area contributed by atoms with Crippen molar-refractivity contribution in [2.45, 2.75) is 19.8 Å². The number of piperazine rings is 1. The summed E-state index contributed by atoms with van der Waals surface area (Å²) in [5.74, 6) is 0.516. The summed E-state index contributed by atoms with van der Waals surface area (Å²) in [5, 5.41) is 11.0. The largest absolute Gasteiger partial charge is 0.507 e. The van der Waals surface area contributed by atoms with E-state index in [-0.39, 0.29) is 11.8 Å². The van der Waals surface area contributed by atoms with Crippen LogP contribution in [0.2, 0.25) is 0 Å². The molecule has 1 saturated heterocycles. The smallest absolute Gasteiger partial charge is 0.415 e. The van der Waals surface area contributed by atoms with Gasteiger partial charge in [-0.25, -0.2) is 4.79 Å². The van der Waals surface area contributed by atoms with Gasteiger partial charge in [-0.15, -0.1) is 0 Å². The molecule has 0 aliphatic carbocycles. The topological polar surface area (TPSA) is 71.5 Å². The number of phenolic OH excluding ortho intramolecular Hbond substituents is 1. The number of amides is 1. The van der Waals surface area contributed by atoms with Crippen molar-refractivity contribution < 1.29 is 24.1 Å². The Morgan fingerprint density at radius 2 is 1.75 bits per heavy atom. The van der Waals surface area contributed by atoms with Gasteiger partial charge >= 0.3 is 6.09 Å². The van der Waals surface area contributed by atoms with E-state index in [1.54, 1.807) is 18.1 Å². The van der Waals surface area contributed by atoms with Crippen LogP contribution in [0.25, 0.3) is 11.1 Å². The van der Waals surface area contributed by atoms with Gasteiger partial charge in [-0.2, -0.15) is 0 Å². The Balaban J connectivity index is 1.91. The number of benzene rings is 2. The van der Waals surface area contributed by atoms with Gasteiger partial charge in [0, 0.05) is 44.9 Å². The molecule has 1 aliphatic rings. The van der Waals surface area contributed by atoms with Crippen molar-refractivity contribution >= 4 is 6.09 Å². The second kappa shape index (κ2) is 11.9. The fourth-order valence-electron chi connectivity index (χ4n) is 3.99. The van der Waals surface area contributed by atoms with Gasteiger partial charge in [0.2, 0.25) is 0 Å². The maximum absolute atomic E-state index is 12.8. The molecular formula is C25H34N2O5. The molecule has 0 bridgehead atoms. The molecule has 0 atom stereocenters. The third-order valence-electron chi connectivity index (χ3n) is 5.79. The number of ether oxygens (including phenoxy) is 3. The number of hydrogen-bond acceptors (Lipinski definition) is 6. The number of aromatic hydroxyl groups is 1. The van der Waals surface area contributed by atoms with Gasteiger partial charge in [0.15, 0.2) is 0 Å². The van der Waals surface area contributed by atoms with Gasteiger partial charge in [-0.3, -0.25) is 0 Å². The minimum absolute atomic E-state index is 0.0986. The van der Waals surface area contributed by atoms with Crippen molar-refractivity contribution in [3.8, 4) is 22.6 Å². The first-order valence-electron chi connectivity index (χ1n) is 11.2. The zero-order valence-corrected chi connectivity index (χ0v) is 19.3. The Labute approximate surface area is 190 Å². The van der Waals surface area contributed by atoms with Crippen molar-refractivity contribution in [3.05, 3.63) is 47.5 Å². The van der Waals surface area contributed by atoms with Gasteiger partial charge in [0.1, 0.15) is 11.5 Å². The standard InChI is InChI=1S/C25H34N2O5/c1-4-20-21(10-15-31-17-16-30-3)24(19-8-6-5-7-9-19)22(28)18-23(20)32-25(29)27-13-11-26(2)12-14-27/h5-9,18,28H,4,10-17H2,1-3H3. The summed E-state index contributed by atoms with van der Waals surface area (Å²) in [6.45, 7) is 6.43. The number of hydrogen-bond donors (Lipinski definition) is 1. The zero-order valence-electron chi connectivity index (χ0n) is 19.3. The molecule has 174 valence electrons. The van der Waals surface area contributed by atoms with Gasteiger partial charge < -0.3 is 29.1 Å². The van der Waals surface area contributed by atoms with E-state index in [2.05, 4.69) is 4.90 Å². The highest BCUT2D eigenvalue weighted by molar-refractivity contribution is 5.79. The maximum Gasteiger partial charge on any atom is 0.415 e. The predicted octanol–water partition coefficient (Wildman–Crippen LogP) is 3.57. The zero-order chi connectivity index (χ0) is 22.9. The summed E-state index contributed by atoms with van der Waals surface area (Å²) < 4.78 is 16.6. The van der Waals surface area contributed by atoms with Crippen LogP contribution in [-0.4, -0.2) is 81.2 Å². The highest BCUT2D eigenvalue weighted by Gasteiger charge is 2.24. The van der Waals surface area contributed by atoms with Crippen molar-refractivity contribution in [1.29, 1.82) is 0 Å². The van der Waals surface area contributed by atoms with Crippen LogP contribution in [0.15, 0.2) is 36.4 Å². The number of carbonyl (C=O) groups excluding carboxylic acids is 1. The Morgan fingerprint density at radius 1 is 1.03 bits per heavy atom. The molecule has 0 saturated carbocycles. The van der Waals surface area contributed by atoms with Crippen LogP contribution < -0.4 is 4.74 Å².